The van der Waals surface area contributed by atoms with Gasteiger partial charge in [-0.05, 0) is 53.6 Å². The van der Waals surface area contributed by atoms with Crippen molar-refractivity contribution in [3.05, 3.63) is 96.1 Å². The van der Waals surface area contributed by atoms with Gasteiger partial charge in [-0.2, -0.15) is 4.39 Å². The molecule has 162 valence electrons. The Morgan fingerprint density at radius 3 is 2.55 bits per heavy atom. The molecule has 1 spiro atoms. The molecule has 4 aromatic rings. The first-order valence-corrected chi connectivity index (χ1v) is 11.2. The molecule has 2 aromatic carbocycles. The molecule has 5 nitrogen and oxygen atoms in total. The maximum Gasteiger partial charge on any atom is 0.220 e. The van der Waals surface area contributed by atoms with Crippen molar-refractivity contribution in [1.82, 2.24) is 9.97 Å². The molecule has 0 aliphatic carbocycles. The van der Waals surface area contributed by atoms with Gasteiger partial charge in [0, 0.05) is 46.6 Å². The van der Waals surface area contributed by atoms with Gasteiger partial charge in [0.1, 0.15) is 11.3 Å². The van der Waals surface area contributed by atoms with Crippen molar-refractivity contribution in [3.8, 4) is 33.8 Å². The Morgan fingerprint density at radius 1 is 0.939 bits per heavy atom. The highest BCUT2D eigenvalue weighted by Crippen LogP contribution is 2.55. The molecule has 1 atom stereocenters. The van der Waals surface area contributed by atoms with Gasteiger partial charge in [-0.15, -0.1) is 0 Å². The SMILES string of the molecule is NC1=N[C@@]2(CS1)c1cc(-c3cccnc3F)ccc1Oc1c(F)cc(-c3cccnc3)cc12. The van der Waals surface area contributed by atoms with E-state index in [1.54, 1.807) is 42.7 Å². The van der Waals surface area contributed by atoms with Crippen LogP contribution in [-0.2, 0) is 5.54 Å². The summed E-state index contributed by atoms with van der Waals surface area (Å²) in [6.45, 7) is 0. The molecule has 0 bridgehead atoms. The molecule has 2 N–H and O–H groups in total. The van der Waals surface area contributed by atoms with Crippen LogP contribution in [0.25, 0.3) is 22.3 Å². The lowest BCUT2D eigenvalue weighted by Crippen LogP contribution is -2.30. The monoisotopic (exact) mass is 458 g/mol. The molecular weight excluding hydrogens is 442 g/mol. The predicted molar refractivity (Wildman–Crippen MR) is 124 cm³/mol. The smallest absolute Gasteiger partial charge is 0.220 e. The zero-order chi connectivity index (χ0) is 22.6. The van der Waals surface area contributed by atoms with Crippen LogP contribution >= 0.6 is 11.8 Å². The maximum absolute atomic E-state index is 15.4. The summed E-state index contributed by atoms with van der Waals surface area (Å²) < 4.78 is 35.8. The van der Waals surface area contributed by atoms with Crippen LogP contribution in [0.2, 0.25) is 0 Å². The number of hydrogen-bond donors (Lipinski definition) is 1. The first-order valence-electron chi connectivity index (χ1n) is 10.2. The van der Waals surface area contributed by atoms with Crippen LogP contribution in [0.3, 0.4) is 0 Å². The lowest BCUT2D eigenvalue weighted by atomic mass is 9.80. The van der Waals surface area contributed by atoms with Gasteiger partial charge >= 0.3 is 0 Å². The molecule has 0 saturated carbocycles. The van der Waals surface area contributed by atoms with E-state index in [0.29, 0.717) is 44.5 Å². The fourth-order valence-electron chi connectivity index (χ4n) is 4.38. The number of nitrogens with zero attached hydrogens (tertiary/aromatic N) is 3. The summed E-state index contributed by atoms with van der Waals surface area (Å²) >= 11 is 1.39. The van der Waals surface area contributed by atoms with Gasteiger partial charge < -0.3 is 10.5 Å². The largest absolute Gasteiger partial charge is 0.453 e. The maximum atomic E-state index is 15.4. The van der Waals surface area contributed by atoms with E-state index in [2.05, 4.69) is 9.97 Å². The van der Waals surface area contributed by atoms with Crippen molar-refractivity contribution in [1.29, 1.82) is 0 Å². The summed E-state index contributed by atoms with van der Waals surface area (Å²) in [5, 5.41) is 0.402. The standard InChI is InChI=1S/C25H16F2N4OS/c26-20-11-16(15-3-1-7-29-12-15)10-19-22(20)32-21-6-5-14(17-4-2-8-30-23(17)27)9-18(21)25(19)13-33-24(28)31-25/h1-12H,13H2,(H2,28,31)/t25-/m0/s1. The molecule has 2 aliphatic rings. The molecule has 0 radical (unpaired) electrons. The van der Waals surface area contributed by atoms with Crippen molar-refractivity contribution in [2.45, 2.75) is 5.54 Å². The molecule has 2 aliphatic heterocycles. The number of ether oxygens (including phenoxy) is 1. The summed E-state index contributed by atoms with van der Waals surface area (Å²) in [6.07, 6.45) is 4.74. The number of rotatable bonds is 2. The third kappa shape index (κ3) is 3.09. The second-order valence-electron chi connectivity index (χ2n) is 7.83. The predicted octanol–water partition coefficient (Wildman–Crippen LogP) is 5.50. The minimum atomic E-state index is -0.967. The number of benzene rings is 2. The Labute approximate surface area is 192 Å². The molecule has 6 rings (SSSR count). The van der Waals surface area contributed by atoms with Crippen LogP contribution in [0.4, 0.5) is 8.78 Å². The number of aliphatic imine (C=N–C) groups is 1. The second-order valence-corrected chi connectivity index (χ2v) is 8.83. The van der Waals surface area contributed by atoms with Gasteiger partial charge in [-0.1, -0.05) is 23.9 Å². The van der Waals surface area contributed by atoms with Crippen LogP contribution < -0.4 is 10.5 Å². The van der Waals surface area contributed by atoms with E-state index in [9.17, 15) is 4.39 Å². The van der Waals surface area contributed by atoms with Gasteiger partial charge in [-0.25, -0.2) is 14.4 Å². The number of nitrogens with two attached hydrogens (primary N) is 1. The van der Waals surface area contributed by atoms with Gasteiger partial charge in [0.15, 0.2) is 16.7 Å². The summed E-state index contributed by atoms with van der Waals surface area (Å²) in [7, 11) is 0. The average Bonchev–Trinajstić information content (AvgIpc) is 3.23. The molecule has 0 amide bonds. The van der Waals surface area contributed by atoms with Gasteiger partial charge in [0.2, 0.25) is 5.95 Å². The number of pyridine rings is 2. The number of fused-ring (bicyclic) bond motifs is 4. The summed E-state index contributed by atoms with van der Waals surface area (Å²) in [5.41, 5.74) is 8.84. The van der Waals surface area contributed by atoms with Crippen LogP contribution in [0.5, 0.6) is 11.5 Å². The Morgan fingerprint density at radius 2 is 1.79 bits per heavy atom. The fraction of sp³-hybridized carbons (Fsp3) is 0.0800. The molecular formula is C25H16F2N4OS. The van der Waals surface area contributed by atoms with Crippen LogP contribution in [0, 0.1) is 11.8 Å². The fourth-order valence-corrected chi connectivity index (χ4v) is 5.33. The van der Waals surface area contributed by atoms with Gasteiger partial charge in [-0.3, -0.25) is 4.98 Å². The topological polar surface area (TPSA) is 73.4 Å². The number of aromatic nitrogens is 2. The minimum Gasteiger partial charge on any atom is -0.453 e. The molecule has 8 heteroatoms. The summed E-state index contributed by atoms with van der Waals surface area (Å²) in [5.74, 6) is -0.0178. The Bertz CT molecular complexity index is 1440. The third-order valence-electron chi connectivity index (χ3n) is 5.92. The molecule has 0 unspecified atom stereocenters. The average molecular weight is 458 g/mol. The molecule has 0 saturated heterocycles. The zero-order valence-electron chi connectivity index (χ0n) is 17.1. The highest BCUT2D eigenvalue weighted by molar-refractivity contribution is 8.14. The van der Waals surface area contributed by atoms with Crippen molar-refractivity contribution < 1.29 is 13.5 Å². The molecule has 2 aromatic heterocycles. The number of hydrogen-bond acceptors (Lipinski definition) is 6. The summed E-state index contributed by atoms with van der Waals surface area (Å²) in [4.78, 5) is 12.7. The van der Waals surface area contributed by atoms with Crippen LogP contribution in [-0.4, -0.2) is 20.9 Å². The van der Waals surface area contributed by atoms with Crippen molar-refractivity contribution in [2.75, 3.05) is 5.75 Å². The highest BCUT2D eigenvalue weighted by atomic mass is 32.2. The Hall–Kier alpha value is -3.78. The molecule has 0 fully saturated rings. The van der Waals surface area contributed by atoms with E-state index in [0.717, 1.165) is 5.56 Å². The van der Waals surface area contributed by atoms with E-state index >= 15 is 4.39 Å². The minimum absolute atomic E-state index is 0.120. The first-order chi connectivity index (χ1) is 16.0. The van der Waals surface area contributed by atoms with Crippen molar-refractivity contribution in [2.24, 2.45) is 10.7 Å². The molecule has 33 heavy (non-hydrogen) atoms. The van der Waals surface area contributed by atoms with E-state index in [-0.39, 0.29) is 5.75 Å². The van der Waals surface area contributed by atoms with Crippen LogP contribution in [0.15, 0.2) is 78.2 Å². The van der Waals surface area contributed by atoms with Gasteiger partial charge in [0.05, 0.1) is 0 Å². The number of halogens is 2. The van der Waals surface area contributed by atoms with Crippen LogP contribution in [0.1, 0.15) is 11.1 Å². The number of amidine groups is 1. The zero-order valence-corrected chi connectivity index (χ0v) is 17.9. The summed E-state index contributed by atoms with van der Waals surface area (Å²) in [6, 6.07) is 15.6. The number of thioether (sulfide) groups is 1. The van der Waals surface area contributed by atoms with Gasteiger partial charge in [0.25, 0.3) is 0 Å². The van der Waals surface area contributed by atoms with E-state index < -0.39 is 17.3 Å². The third-order valence-corrected chi connectivity index (χ3v) is 6.87. The van der Waals surface area contributed by atoms with Crippen molar-refractivity contribution >= 4 is 16.9 Å². The van der Waals surface area contributed by atoms with E-state index in [4.69, 9.17) is 15.5 Å². The lowest BCUT2D eigenvalue weighted by molar-refractivity contribution is 0.389. The lowest BCUT2D eigenvalue weighted by Gasteiger charge is -2.35. The first kappa shape index (κ1) is 19.9. The highest BCUT2D eigenvalue weighted by Gasteiger charge is 2.47. The van der Waals surface area contributed by atoms with Crippen molar-refractivity contribution in [3.63, 3.8) is 0 Å². The molecule has 4 heterocycles. The second kappa shape index (κ2) is 7.38. The quantitative estimate of drug-likeness (QED) is 0.402. The Balaban J connectivity index is 1.59. The van der Waals surface area contributed by atoms with E-state index in [1.165, 1.54) is 24.0 Å². The Kier molecular flexibility index (Phi) is 4.45. The normalized spacial score (nSPS) is 18.4. The van der Waals surface area contributed by atoms with E-state index in [1.807, 2.05) is 18.2 Å².